The van der Waals surface area contributed by atoms with E-state index in [0.29, 0.717) is 0 Å². The van der Waals surface area contributed by atoms with Crippen molar-refractivity contribution in [3.05, 3.63) is 11.1 Å². The second-order valence-electron chi connectivity index (χ2n) is 4.19. The molecule has 0 spiro atoms. The largest absolute Gasteiger partial charge is 0.271 e. The lowest BCUT2D eigenvalue weighted by atomic mass is 9.92. The summed E-state index contributed by atoms with van der Waals surface area (Å²) in [6.45, 7) is 4.48. The summed E-state index contributed by atoms with van der Waals surface area (Å²) in [4.78, 5) is 1.14. The van der Waals surface area contributed by atoms with Crippen LogP contribution in [0.15, 0.2) is 6.20 Å². The summed E-state index contributed by atoms with van der Waals surface area (Å²) in [6, 6.07) is 0.210. The van der Waals surface area contributed by atoms with Crippen molar-refractivity contribution in [1.82, 2.24) is 15.0 Å². The van der Waals surface area contributed by atoms with Gasteiger partial charge in [0, 0.05) is 0 Å². The van der Waals surface area contributed by atoms with Gasteiger partial charge in [0.05, 0.1) is 17.1 Å². The number of nitrogens with two attached hydrogens (primary N) is 1. The third-order valence-corrected chi connectivity index (χ3v) is 3.81. The number of unbranched alkanes of at least 4 members (excludes halogenated alkanes) is 1. The van der Waals surface area contributed by atoms with Crippen LogP contribution in [0, 0.1) is 5.92 Å². The van der Waals surface area contributed by atoms with Gasteiger partial charge in [-0.05, 0) is 23.9 Å². The van der Waals surface area contributed by atoms with Gasteiger partial charge in [0.2, 0.25) is 0 Å². The lowest BCUT2D eigenvalue weighted by Gasteiger charge is -2.20. The van der Waals surface area contributed by atoms with Crippen molar-refractivity contribution < 1.29 is 0 Å². The fraction of sp³-hybridized carbons (Fsp3) is 0.818. The first-order chi connectivity index (χ1) is 7.81. The van der Waals surface area contributed by atoms with Crippen molar-refractivity contribution >= 4 is 11.5 Å². The van der Waals surface area contributed by atoms with Crippen LogP contribution in [-0.2, 0) is 0 Å². The summed E-state index contributed by atoms with van der Waals surface area (Å²) in [6.07, 6.45) is 7.95. The summed E-state index contributed by atoms with van der Waals surface area (Å²) < 4.78 is 3.88. The summed E-state index contributed by atoms with van der Waals surface area (Å²) in [7, 11) is 0. The van der Waals surface area contributed by atoms with E-state index >= 15 is 0 Å². The van der Waals surface area contributed by atoms with Crippen LogP contribution in [0.4, 0.5) is 0 Å². The maximum absolute atomic E-state index is 5.60. The molecule has 0 aliphatic rings. The first kappa shape index (κ1) is 13.5. The lowest BCUT2D eigenvalue weighted by molar-refractivity contribution is 0.359. The average molecular weight is 242 g/mol. The molecule has 2 unspecified atom stereocenters. The highest BCUT2D eigenvalue weighted by Gasteiger charge is 2.17. The van der Waals surface area contributed by atoms with Crippen molar-refractivity contribution in [1.29, 1.82) is 0 Å². The predicted octanol–water partition coefficient (Wildman–Crippen LogP) is 2.65. The van der Waals surface area contributed by atoms with Crippen molar-refractivity contribution in [2.45, 2.75) is 52.0 Å². The first-order valence-corrected chi connectivity index (χ1v) is 6.82. The molecule has 1 aromatic rings. The van der Waals surface area contributed by atoms with Gasteiger partial charge in [-0.3, -0.25) is 11.3 Å². The molecular weight excluding hydrogens is 220 g/mol. The van der Waals surface area contributed by atoms with Crippen LogP contribution in [0.2, 0.25) is 0 Å². The van der Waals surface area contributed by atoms with Crippen molar-refractivity contribution in [3.8, 4) is 0 Å². The fourth-order valence-electron chi connectivity index (χ4n) is 1.91. The van der Waals surface area contributed by atoms with E-state index in [1.807, 2.05) is 6.20 Å². The molecule has 3 N–H and O–H groups in total. The third-order valence-electron chi connectivity index (χ3n) is 3.04. The van der Waals surface area contributed by atoms with Crippen LogP contribution >= 0.6 is 11.5 Å². The van der Waals surface area contributed by atoms with Crippen molar-refractivity contribution in [2.75, 3.05) is 0 Å². The number of hydrogen-bond donors (Lipinski definition) is 2. The lowest BCUT2D eigenvalue weighted by Crippen LogP contribution is -2.29. The number of nitrogens with zero attached hydrogens (tertiary/aromatic N) is 2. The van der Waals surface area contributed by atoms with Gasteiger partial charge in [-0.15, -0.1) is 5.10 Å². The molecule has 16 heavy (non-hydrogen) atoms. The molecule has 2 atom stereocenters. The number of nitrogens with one attached hydrogen (secondary N) is 1. The minimum Gasteiger partial charge on any atom is -0.271 e. The molecule has 0 amide bonds. The van der Waals surface area contributed by atoms with Gasteiger partial charge in [0.25, 0.3) is 0 Å². The molecule has 0 saturated heterocycles. The van der Waals surface area contributed by atoms with E-state index in [1.54, 1.807) is 0 Å². The number of rotatable bonds is 8. The summed E-state index contributed by atoms with van der Waals surface area (Å²) >= 11 is 1.43. The Morgan fingerprint density at radius 3 is 2.81 bits per heavy atom. The number of hydrogen-bond acceptors (Lipinski definition) is 5. The molecule has 0 aromatic carbocycles. The molecule has 0 saturated carbocycles. The Labute approximate surface area is 102 Å². The van der Waals surface area contributed by atoms with E-state index in [1.165, 1.54) is 37.2 Å². The van der Waals surface area contributed by atoms with Crippen molar-refractivity contribution in [2.24, 2.45) is 11.8 Å². The molecule has 0 aliphatic carbocycles. The summed E-state index contributed by atoms with van der Waals surface area (Å²) in [5.41, 5.74) is 2.88. The second kappa shape index (κ2) is 7.70. The average Bonchev–Trinajstić information content (AvgIpc) is 2.83. The van der Waals surface area contributed by atoms with Gasteiger partial charge in [-0.2, -0.15) is 0 Å². The third kappa shape index (κ3) is 4.15. The smallest absolute Gasteiger partial charge is 0.0669 e. The monoisotopic (exact) mass is 242 g/mol. The van der Waals surface area contributed by atoms with E-state index in [9.17, 15) is 0 Å². The molecule has 92 valence electrons. The Morgan fingerprint density at radius 2 is 2.31 bits per heavy atom. The Balaban J connectivity index is 2.47. The fourth-order valence-corrected chi connectivity index (χ4v) is 2.48. The Bertz CT molecular complexity index is 263. The van der Waals surface area contributed by atoms with E-state index < -0.39 is 0 Å². The molecule has 1 aromatic heterocycles. The van der Waals surface area contributed by atoms with Gasteiger partial charge in [-0.25, -0.2) is 0 Å². The normalized spacial score (nSPS) is 14.9. The highest BCUT2D eigenvalue weighted by atomic mass is 32.1. The van der Waals surface area contributed by atoms with Gasteiger partial charge < -0.3 is 0 Å². The van der Waals surface area contributed by atoms with Gasteiger partial charge in [0.1, 0.15) is 0 Å². The molecular formula is C11H22N4S. The zero-order valence-electron chi connectivity index (χ0n) is 10.1. The number of hydrazine groups is 1. The first-order valence-electron chi connectivity index (χ1n) is 6.05. The molecule has 0 fully saturated rings. The Hall–Kier alpha value is -0.520. The van der Waals surface area contributed by atoms with Crippen molar-refractivity contribution in [3.63, 3.8) is 0 Å². The minimum atomic E-state index is 0.210. The standard InChI is InChI=1S/C11H22N4S/c1-3-5-6-9(4-2)7-10(14-12)11-8-13-15-16-11/h8-10,14H,3-7,12H2,1-2H3. The summed E-state index contributed by atoms with van der Waals surface area (Å²) in [5.74, 6) is 6.34. The van der Waals surface area contributed by atoms with Crippen LogP contribution in [0.5, 0.6) is 0 Å². The topological polar surface area (TPSA) is 63.8 Å². The highest BCUT2D eigenvalue weighted by molar-refractivity contribution is 7.05. The van der Waals surface area contributed by atoms with Crippen LogP contribution < -0.4 is 11.3 Å². The van der Waals surface area contributed by atoms with E-state index in [0.717, 1.165) is 17.2 Å². The van der Waals surface area contributed by atoms with Gasteiger partial charge in [-0.1, -0.05) is 44.0 Å². The van der Waals surface area contributed by atoms with Crippen LogP contribution in [0.1, 0.15) is 56.9 Å². The van der Waals surface area contributed by atoms with E-state index in [4.69, 9.17) is 5.84 Å². The zero-order chi connectivity index (χ0) is 11.8. The van der Waals surface area contributed by atoms with Gasteiger partial charge >= 0.3 is 0 Å². The maximum Gasteiger partial charge on any atom is 0.0669 e. The Morgan fingerprint density at radius 1 is 1.50 bits per heavy atom. The van der Waals surface area contributed by atoms with E-state index in [2.05, 4.69) is 28.9 Å². The second-order valence-corrected chi connectivity index (χ2v) is 5.01. The molecule has 0 radical (unpaired) electrons. The van der Waals surface area contributed by atoms with Crippen LogP contribution in [-0.4, -0.2) is 9.59 Å². The van der Waals surface area contributed by atoms with E-state index in [-0.39, 0.29) is 6.04 Å². The molecule has 0 aliphatic heterocycles. The molecule has 0 bridgehead atoms. The van der Waals surface area contributed by atoms with Crippen LogP contribution in [0.25, 0.3) is 0 Å². The SMILES string of the molecule is CCCCC(CC)CC(NN)c1cnns1. The molecule has 5 heteroatoms. The molecule has 1 heterocycles. The zero-order valence-corrected chi connectivity index (χ0v) is 11.0. The maximum atomic E-state index is 5.60. The molecule has 1 rings (SSSR count). The molecule has 4 nitrogen and oxygen atoms in total. The quantitative estimate of drug-likeness (QED) is 0.543. The van der Waals surface area contributed by atoms with Gasteiger partial charge in [0.15, 0.2) is 0 Å². The summed E-state index contributed by atoms with van der Waals surface area (Å²) in [5, 5.41) is 3.86. The minimum absolute atomic E-state index is 0.210. The number of aromatic nitrogens is 2. The highest BCUT2D eigenvalue weighted by Crippen LogP contribution is 2.27. The Kier molecular flexibility index (Phi) is 6.52. The predicted molar refractivity (Wildman–Crippen MR) is 67.9 cm³/mol. The van der Waals surface area contributed by atoms with Crippen LogP contribution in [0.3, 0.4) is 0 Å².